The van der Waals surface area contributed by atoms with E-state index in [0.29, 0.717) is 0 Å². The molecule has 3 rings (SSSR count). The van der Waals surface area contributed by atoms with Gasteiger partial charge in [0.05, 0.1) is 7.11 Å². The lowest BCUT2D eigenvalue weighted by molar-refractivity contribution is 0.414. The summed E-state index contributed by atoms with van der Waals surface area (Å²) in [5, 5.41) is 1.32. The van der Waals surface area contributed by atoms with Crippen LogP contribution in [0.4, 0.5) is 4.39 Å². The zero-order valence-corrected chi connectivity index (χ0v) is 13.2. The first-order valence-corrected chi connectivity index (χ1v) is 9.39. The van der Waals surface area contributed by atoms with Crippen LogP contribution in [0.3, 0.4) is 0 Å². The molecule has 2 aliphatic rings. The van der Waals surface area contributed by atoms with E-state index in [9.17, 15) is 4.39 Å². The van der Waals surface area contributed by atoms with Gasteiger partial charge < -0.3 is 4.74 Å². The molecule has 2 fully saturated rings. The lowest BCUT2D eigenvalue weighted by Crippen LogP contribution is -2.20. The van der Waals surface area contributed by atoms with Crippen LogP contribution in [0.1, 0.15) is 51.4 Å². The van der Waals surface area contributed by atoms with Crippen molar-refractivity contribution in [1.82, 2.24) is 0 Å². The molecule has 0 saturated heterocycles. The van der Waals surface area contributed by atoms with Gasteiger partial charge in [-0.05, 0) is 49.1 Å². The van der Waals surface area contributed by atoms with Gasteiger partial charge in [-0.15, -0.1) is 0 Å². The smallest absolute Gasteiger partial charge is 0.129 e. The van der Waals surface area contributed by atoms with Gasteiger partial charge in [-0.3, -0.25) is 0 Å². The zero-order chi connectivity index (χ0) is 13.9. The zero-order valence-electron chi connectivity index (χ0n) is 12.3. The topological polar surface area (TPSA) is 9.23 Å². The summed E-state index contributed by atoms with van der Waals surface area (Å²) in [7, 11) is 1.49. The highest BCUT2D eigenvalue weighted by molar-refractivity contribution is 7.67. The van der Waals surface area contributed by atoms with Gasteiger partial charge >= 0.3 is 0 Å². The van der Waals surface area contributed by atoms with Crippen molar-refractivity contribution in [3.05, 3.63) is 24.0 Å². The molecule has 1 aromatic carbocycles. The Balaban J connectivity index is 1.95. The quantitative estimate of drug-likeness (QED) is 0.723. The van der Waals surface area contributed by atoms with Crippen LogP contribution in [0.15, 0.2) is 18.2 Å². The van der Waals surface area contributed by atoms with E-state index in [4.69, 9.17) is 4.74 Å². The van der Waals surface area contributed by atoms with Crippen molar-refractivity contribution >= 4 is 13.2 Å². The fourth-order valence-electron chi connectivity index (χ4n) is 3.92. The molecule has 1 nitrogen and oxygen atoms in total. The molecule has 3 heteroatoms. The molecule has 20 heavy (non-hydrogen) atoms. The number of hydrogen-bond donors (Lipinski definition) is 0. The summed E-state index contributed by atoms with van der Waals surface area (Å²) < 4.78 is 19.0. The van der Waals surface area contributed by atoms with Crippen LogP contribution in [-0.4, -0.2) is 18.4 Å². The SMILES string of the molecule is COc1cc(F)ccc1P(C1CCCC1)C1CCCC1. The molecule has 2 aliphatic carbocycles. The Labute approximate surface area is 122 Å². The van der Waals surface area contributed by atoms with Crippen molar-refractivity contribution < 1.29 is 9.13 Å². The normalized spacial score (nSPS) is 20.9. The molecule has 0 aliphatic heterocycles. The first kappa shape index (κ1) is 14.3. The molecule has 0 bridgehead atoms. The summed E-state index contributed by atoms with van der Waals surface area (Å²) in [6.45, 7) is 0. The molecule has 0 unspecified atom stereocenters. The van der Waals surface area contributed by atoms with Gasteiger partial charge in [0.2, 0.25) is 0 Å². The summed E-state index contributed by atoms with van der Waals surface area (Å²) in [4.78, 5) is 0. The van der Waals surface area contributed by atoms with Crippen molar-refractivity contribution in [3.63, 3.8) is 0 Å². The second kappa shape index (κ2) is 6.43. The molecular formula is C17H24FOP. The van der Waals surface area contributed by atoms with Crippen LogP contribution in [0.5, 0.6) is 5.75 Å². The van der Waals surface area contributed by atoms with Crippen molar-refractivity contribution in [1.29, 1.82) is 0 Å². The third kappa shape index (κ3) is 2.86. The van der Waals surface area contributed by atoms with E-state index in [-0.39, 0.29) is 13.7 Å². The van der Waals surface area contributed by atoms with E-state index in [1.807, 2.05) is 6.07 Å². The number of benzene rings is 1. The van der Waals surface area contributed by atoms with Crippen LogP contribution in [0, 0.1) is 5.82 Å². The number of ether oxygens (including phenoxy) is 1. The highest BCUT2D eigenvalue weighted by Gasteiger charge is 2.35. The maximum atomic E-state index is 13.5. The monoisotopic (exact) mass is 294 g/mol. The molecule has 0 atom stereocenters. The molecule has 0 amide bonds. The molecule has 0 spiro atoms. The van der Waals surface area contributed by atoms with Gasteiger partial charge in [0, 0.05) is 11.4 Å². The van der Waals surface area contributed by atoms with Crippen LogP contribution in [-0.2, 0) is 0 Å². The Morgan fingerprint density at radius 3 is 2.05 bits per heavy atom. The predicted molar refractivity (Wildman–Crippen MR) is 84.0 cm³/mol. The first-order valence-electron chi connectivity index (χ1n) is 7.91. The predicted octanol–water partition coefficient (Wildman–Crippen LogP) is 4.83. The maximum absolute atomic E-state index is 13.5. The molecule has 0 heterocycles. The third-order valence-electron chi connectivity index (χ3n) is 4.86. The molecule has 2 saturated carbocycles. The number of rotatable bonds is 4. The molecule has 1 aromatic rings. The lowest BCUT2D eigenvalue weighted by Gasteiger charge is -2.31. The fourth-order valence-corrected chi connectivity index (χ4v) is 7.80. The van der Waals surface area contributed by atoms with E-state index in [2.05, 4.69) is 0 Å². The average Bonchev–Trinajstić information content (AvgIpc) is 3.14. The van der Waals surface area contributed by atoms with Crippen molar-refractivity contribution in [2.75, 3.05) is 7.11 Å². The van der Waals surface area contributed by atoms with Gasteiger partial charge in [-0.1, -0.05) is 33.6 Å². The van der Waals surface area contributed by atoms with Gasteiger partial charge in [0.15, 0.2) is 0 Å². The average molecular weight is 294 g/mol. The minimum absolute atomic E-state index is 0.182. The maximum Gasteiger partial charge on any atom is 0.129 e. The summed E-state index contributed by atoms with van der Waals surface area (Å²) >= 11 is 0. The molecule has 0 aromatic heterocycles. The Bertz CT molecular complexity index is 434. The second-order valence-electron chi connectivity index (χ2n) is 6.10. The van der Waals surface area contributed by atoms with E-state index < -0.39 is 0 Å². The summed E-state index contributed by atoms with van der Waals surface area (Å²) in [6.07, 6.45) is 11.0. The summed E-state index contributed by atoms with van der Waals surface area (Å²) in [5.41, 5.74) is 1.68. The van der Waals surface area contributed by atoms with E-state index >= 15 is 0 Å². The second-order valence-corrected chi connectivity index (χ2v) is 8.86. The standard InChI is InChI=1S/C17H24FOP/c1-19-16-12-13(18)10-11-17(16)20(14-6-2-3-7-14)15-8-4-5-9-15/h10-12,14-15H,2-9H2,1H3. The van der Waals surface area contributed by atoms with Crippen LogP contribution in [0.2, 0.25) is 0 Å². The highest BCUT2D eigenvalue weighted by Crippen LogP contribution is 2.57. The molecule has 110 valence electrons. The number of methoxy groups -OCH3 is 1. The highest BCUT2D eigenvalue weighted by atomic mass is 31.1. The Hall–Kier alpha value is -0.620. The number of halogens is 1. The Kier molecular flexibility index (Phi) is 4.61. The van der Waals surface area contributed by atoms with Gasteiger partial charge in [0.1, 0.15) is 11.6 Å². The summed E-state index contributed by atoms with van der Waals surface area (Å²) in [5.74, 6) is 0.605. The fraction of sp³-hybridized carbons (Fsp3) is 0.647. The van der Waals surface area contributed by atoms with Crippen LogP contribution in [0.25, 0.3) is 0 Å². The van der Waals surface area contributed by atoms with E-state index in [1.54, 1.807) is 19.2 Å². The Morgan fingerprint density at radius 1 is 1.00 bits per heavy atom. The third-order valence-corrected chi connectivity index (χ3v) is 8.39. The van der Waals surface area contributed by atoms with Crippen LogP contribution >= 0.6 is 7.92 Å². The molecular weight excluding hydrogens is 270 g/mol. The largest absolute Gasteiger partial charge is 0.496 e. The first-order chi connectivity index (χ1) is 9.79. The summed E-state index contributed by atoms with van der Waals surface area (Å²) in [6, 6.07) is 5.21. The van der Waals surface area contributed by atoms with Crippen molar-refractivity contribution in [2.24, 2.45) is 0 Å². The van der Waals surface area contributed by atoms with E-state index in [0.717, 1.165) is 17.1 Å². The Morgan fingerprint density at radius 2 is 1.55 bits per heavy atom. The van der Waals surface area contributed by atoms with Crippen LogP contribution < -0.4 is 10.0 Å². The minimum Gasteiger partial charge on any atom is -0.496 e. The lowest BCUT2D eigenvalue weighted by atomic mass is 10.3. The van der Waals surface area contributed by atoms with Gasteiger partial charge in [0.25, 0.3) is 0 Å². The van der Waals surface area contributed by atoms with E-state index in [1.165, 1.54) is 56.7 Å². The number of hydrogen-bond acceptors (Lipinski definition) is 1. The van der Waals surface area contributed by atoms with Gasteiger partial charge in [-0.25, -0.2) is 4.39 Å². The molecule has 0 radical (unpaired) electrons. The van der Waals surface area contributed by atoms with Crippen molar-refractivity contribution in [3.8, 4) is 5.75 Å². The van der Waals surface area contributed by atoms with Crippen molar-refractivity contribution in [2.45, 2.75) is 62.7 Å². The van der Waals surface area contributed by atoms with Gasteiger partial charge in [-0.2, -0.15) is 0 Å². The minimum atomic E-state index is -0.189. The molecule has 0 N–H and O–H groups in total.